The molecule has 0 unspecified atom stereocenters. The number of alkyl halides is 3. The molecule has 0 saturated heterocycles. The highest BCUT2D eigenvalue weighted by Crippen LogP contribution is 2.32. The maximum atomic E-state index is 13.8. The molecular formula is C22H30ClF3N4O5Si. The van der Waals surface area contributed by atoms with Crippen LogP contribution in [0.4, 0.5) is 18.9 Å². The van der Waals surface area contributed by atoms with E-state index in [9.17, 15) is 27.6 Å². The minimum atomic E-state index is -4.97. The molecule has 0 aliphatic carbocycles. The number of hydrogen-bond acceptors (Lipinski definition) is 7. The number of ether oxygens (including phenoxy) is 2. The van der Waals surface area contributed by atoms with E-state index in [1.54, 1.807) is 6.92 Å². The van der Waals surface area contributed by atoms with Gasteiger partial charge >= 0.3 is 12.1 Å². The summed E-state index contributed by atoms with van der Waals surface area (Å²) in [5.41, 5.74) is -3.96. The number of pyridine rings is 1. The molecule has 1 N–H and O–H groups in total. The monoisotopic (exact) mass is 550 g/mol. The first kappa shape index (κ1) is 29.6. The van der Waals surface area contributed by atoms with Crippen LogP contribution in [0.15, 0.2) is 27.9 Å². The van der Waals surface area contributed by atoms with Crippen LogP contribution >= 0.6 is 11.6 Å². The number of carbonyl (C=O) groups is 1. The lowest BCUT2D eigenvalue weighted by molar-refractivity contribution is -0.138. The number of aromatic nitrogens is 3. The molecule has 0 radical (unpaired) electrons. The van der Waals surface area contributed by atoms with Crippen molar-refractivity contribution in [2.45, 2.75) is 65.0 Å². The summed E-state index contributed by atoms with van der Waals surface area (Å²) in [6.45, 7) is 9.25. The Bertz CT molecular complexity index is 1190. The largest absolute Gasteiger partial charge is 0.462 e. The third-order valence-corrected chi connectivity index (χ3v) is 7.12. The van der Waals surface area contributed by atoms with Crippen molar-refractivity contribution in [2.24, 2.45) is 0 Å². The Kier molecular flexibility index (Phi) is 9.91. The minimum Gasteiger partial charge on any atom is -0.462 e. The molecule has 2 aromatic rings. The van der Waals surface area contributed by atoms with Gasteiger partial charge < -0.3 is 14.8 Å². The molecule has 2 aromatic heterocycles. The summed E-state index contributed by atoms with van der Waals surface area (Å²) in [6.07, 6.45) is -4.08. The molecule has 14 heteroatoms. The third-order valence-electron chi connectivity index (χ3n) is 5.01. The number of carbonyl (C=O) groups excluding carboxylic acids is 1. The van der Waals surface area contributed by atoms with E-state index in [0.29, 0.717) is 11.3 Å². The van der Waals surface area contributed by atoms with Gasteiger partial charge in [0.2, 0.25) is 0 Å². The van der Waals surface area contributed by atoms with Crippen LogP contribution in [-0.4, -0.2) is 47.6 Å². The zero-order valence-electron chi connectivity index (χ0n) is 20.7. The Labute approximate surface area is 212 Å². The van der Waals surface area contributed by atoms with Crippen molar-refractivity contribution in [3.63, 3.8) is 0 Å². The fourth-order valence-corrected chi connectivity index (χ4v) is 4.21. The molecule has 0 spiro atoms. The molecule has 0 aliphatic rings. The average Bonchev–Trinajstić information content (AvgIpc) is 2.74. The van der Waals surface area contributed by atoms with Crippen molar-refractivity contribution in [2.75, 3.05) is 18.5 Å². The molecular weight excluding hydrogens is 521 g/mol. The zero-order valence-corrected chi connectivity index (χ0v) is 22.5. The Morgan fingerprint density at radius 2 is 1.92 bits per heavy atom. The Morgan fingerprint density at radius 1 is 1.25 bits per heavy atom. The second-order valence-corrected chi connectivity index (χ2v) is 15.3. The Balaban J connectivity index is 2.28. The molecule has 200 valence electrons. The molecule has 0 fully saturated rings. The van der Waals surface area contributed by atoms with Crippen LogP contribution < -0.4 is 16.4 Å². The molecule has 0 amide bonds. The van der Waals surface area contributed by atoms with Crippen molar-refractivity contribution >= 4 is 31.3 Å². The summed E-state index contributed by atoms with van der Waals surface area (Å²) in [7, 11) is -1.41. The molecule has 0 aliphatic heterocycles. The standard InChI is InChI=1S/C22H30ClF3N4O5Si/c1-6-35-21(33)15-7-8-17(31)29(19(15)23)12-14(2)28-16-11-27-30(13-34-9-10-36(3,4)5)20(32)18(16)22(24,25)26/h7-8,11,14,28H,6,9-10,12-13H2,1-5H3/t14-/m0/s1. The van der Waals surface area contributed by atoms with Gasteiger partial charge in [-0.1, -0.05) is 31.2 Å². The van der Waals surface area contributed by atoms with Crippen molar-refractivity contribution in [1.82, 2.24) is 14.3 Å². The summed E-state index contributed by atoms with van der Waals surface area (Å²) in [4.78, 5) is 37.0. The second kappa shape index (κ2) is 12.1. The maximum Gasteiger partial charge on any atom is 0.423 e. The van der Waals surface area contributed by atoms with Crippen molar-refractivity contribution < 1.29 is 27.4 Å². The number of esters is 1. The molecule has 0 bridgehead atoms. The van der Waals surface area contributed by atoms with E-state index in [4.69, 9.17) is 21.1 Å². The van der Waals surface area contributed by atoms with E-state index in [0.717, 1.165) is 22.9 Å². The molecule has 0 saturated carbocycles. The Morgan fingerprint density at radius 3 is 2.50 bits per heavy atom. The van der Waals surface area contributed by atoms with Gasteiger partial charge in [0.15, 0.2) is 0 Å². The number of rotatable bonds is 11. The number of nitrogens with one attached hydrogen (secondary N) is 1. The highest BCUT2D eigenvalue weighted by atomic mass is 35.5. The van der Waals surface area contributed by atoms with E-state index in [1.165, 1.54) is 13.0 Å². The topological polar surface area (TPSA) is 104 Å². The molecule has 2 rings (SSSR count). The number of hydrogen-bond donors (Lipinski definition) is 1. The third kappa shape index (κ3) is 7.93. The van der Waals surface area contributed by atoms with Gasteiger partial charge in [-0.25, -0.2) is 9.48 Å². The number of nitrogens with zero attached hydrogens (tertiary/aromatic N) is 3. The summed E-state index contributed by atoms with van der Waals surface area (Å²) < 4.78 is 53.4. The summed E-state index contributed by atoms with van der Waals surface area (Å²) in [5, 5.41) is 6.18. The fourth-order valence-electron chi connectivity index (χ4n) is 3.17. The van der Waals surface area contributed by atoms with Crippen molar-refractivity contribution in [3.05, 3.63) is 55.3 Å². The van der Waals surface area contributed by atoms with E-state index in [-0.39, 0.29) is 23.9 Å². The predicted molar refractivity (Wildman–Crippen MR) is 132 cm³/mol. The van der Waals surface area contributed by atoms with Crippen LogP contribution in [-0.2, 0) is 28.9 Å². The van der Waals surface area contributed by atoms with Gasteiger partial charge in [-0.3, -0.25) is 14.2 Å². The van der Waals surface area contributed by atoms with Gasteiger partial charge in [0, 0.05) is 33.3 Å². The lowest BCUT2D eigenvalue weighted by Crippen LogP contribution is -2.35. The smallest absolute Gasteiger partial charge is 0.423 e. The predicted octanol–water partition coefficient (Wildman–Crippen LogP) is 4.07. The van der Waals surface area contributed by atoms with E-state index in [1.807, 2.05) is 0 Å². The first-order valence-electron chi connectivity index (χ1n) is 11.2. The fraction of sp³-hybridized carbons (Fsp3) is 0.545. The lowest BCUT2D eigenvalue weighted by atomic mass is 10.2. The Hall–Kier alpha value is -2.64. The summed E-state index contributed by atoms with van der Waals surface area (Å²) >= 11 is 6.21. The molecule has 0 aromatic carbocycles. The first-order chi connectivity index (χ1) is 16.7. The van der Waals surface area contributed by atoms with Crippen LogP contribution in [0.2, 0.25) is 30.8 Å². The lowest BCUT2D eigenvalue weighted by Gasteiger charge is -2.21. The van der Waals surface area contributed by atoms with Gasteiger partial charge in [0.1, 0.15) is 17.4 Å². The number of anilines is 1. The van der Waals surface area contributed by atoms with Gasteiger partial charge in [0.25, 0.3) is 11.1 Å². The molecule has 2 heterocycles. The average molecular weight is 551 g/mol. The van der Waals surface area contributed by atoms with Gasteiger partial charge in [-0.05, 0) is 26.0 Å². The minimum absolute atomic E-state index is 0.0558. The zero-order chi connectivity index (χ0) is 27.3. The van der Waals surface area contributed by atoms with E-state index < -0.39 is 55.4 Å². The van der Waals surface area contributed by atoms with Crippen molar-refractivity contribution in [3.8, 4) is 0 Å². The van der Waals surface area contributed by atoms with Gasteiger partial charge in [-0.2, -0.15) is 18.3 Å². The quantitative estimate of drug-likeness (QED) is 0.195. The SMILES string of the molecule is CCOC(=O)c1ccc(=O)n(C[C@H](C)Nc2cnn(COCC[Si](C)(C)C)c(=O)c2C(F)(F)F)c1Cl. The molecule has 36 heavy (non-hydrogen) atoms. The summed E-state index contributed by atoms with van der Waals surface area (Å²) in [6, 6.07) is 2.29. The van der Waals surface area contributed by atoms with Crippen LogP contribution in [0, 0.1) is 0 Å². The normalized spacial score (nSPS) is 12.9. The van der Waals surface area contributed by atoms with Crippen molar-refractivity contribution in [1.29, 1.82) is 0 Å². The van der Waals surface area contributed by atoms with E-state index in [2.05, 4.69) is 30.1 Å². The molecule has 1 atom stereocenters. The van der Waals surface area contributed by atoms with Crippen LogP contribution in [0.25, 0.3) is 0 Å². The summed E-state index contributed by atoms with van der Waals surface area (Å²) in [5.74, 6) is -0.740. The molecule has 9 nitrogen and oxygen atoms in total. The van der Waals surface area contributed by atoms with Crippen LogP contribution in [0.5, 0.6) is 0 Å². The maximum absolute atomic E-state index is 13.8. The van der Waals surface area contributed by atoms with E-state index >= 15 is 0 Å². The van der Waals surface area contributed by atoms with Gasteiger partial charge in [0.05, 0.1) is 24.1 Å². The van der Waals surface area contributed by atoms with Gasteiger partial charge in [-0.15, -0.1) is 0 Å². The van der Waals surface area contributed by atoms with Crippen LogP contribution in [0.3, 0.4) is 0 Å². The highest BCUT2D eigenvalue weighted by molar-refractivity contribution is 6.76. The second-order valence-electron chi connectivity index (χ2n) is 9.34. The number of halogens is 4. The highest BCUT2D eigenvalue weighted by Gasteiger charge is 2.38. The van der Waals surface area contributed by atoms with Crippen LogP contribution in [0.1, 0.15) is 29.8 Å². The first-order valence-corrected chi connectivity index (χ1v) is 15.3.